The highest BCUT2D eigenvalue weighted by molar-refractivity contribution is 6.33. The van der Waals surface area contributed by atoms with Crippen molar-refractivity contribution >= 4 is 28.3 Å². The van der Waals surface area contributed by atoms with Gasteiger partial charge in [0.2, 0.25) is 22.7 Å². The Morgan fingerprint density at radius 1 is 1.00 bits per heavy atom. The number of halogens is 1. The predicted molar refractivity (Wildman–Crippen MR) is 105 cm³/mol. The van der Waals surface area contributed by atoms with Gasteiger partial charge in [-0.25, -0.2) is 0 Å². The summed E-state index contributed by atoms with van der Waals surface area (Å²) in [6.07, 6.45) is 0. The van der Waals surface area contributed by atoms with Gasteiger partial charge in [0.15, 0.2) is 17.1 Å². The molecule has 1 aromatic heterocycles. The van der Waals surface area contributed by atoms with Crippen molar-refractivity contribution in [1.82, 2.24) is 0 Å². The van der Waals surface area contributed by atoms with Gasteiger partial charge in [-0.3, -0.25) is 4.79 Å². The van der Waals surface area contributed by atoms with Crippen LogP contribution in [0.4, 0.5) is 5.69 Å². The fourth-order valence-corrected chi connectivity index (χ4v) is 3.18. The number of hydrogen-bond acceptors (Lipinski definition) is 8. The quantitative estimate of drug-likeness (QED) is 0.618. The zero-order chi connectivity index (χ0) is 20.6. The molecule has 148 valence electrons. The molecule has 1 heterocycles. The third-order valence-corrected chi connectivity index (χ3v) is 4.58. The number of aromatic hydroxyl groups is 1. The molecule has 0 spiro atoms. The van der Waals surface area contributed by atoms with Crippen LogP contribution in [0.5, 0.6) is 28.7 Å². The molecule has 0 saturated carbocycles. The highest BCUT2D eigenvalue weighted by Crippen LogP contribution is 2.50. The van der Waals surface area contributed by atoms with Gasteiger partial charge in [-0.1, -0.05) is 11.6 Å². The molecule has 3 N–H and O–H groups in total. The first-order valence-electron chi connectivity index (χ1n) is 8.00. The van der Waals surface area contributed by atoms with Gasteiger partial charge in [0.25, 0.3) is 0 Å². The van der Waals surface area contributed by atoms with E-state index in [4.69, 9.17) is 40.7 Å². The maximum Gasteiger partial charge on any atom is 0.216 e. The second-order valence-electron chi connectivity index (χ2n) is 5.68. The number of hydrogen-bond donors (Lipinski definition) is 2. The molecular weight excluding hydrogens is 390 g/mol. The molecule has 28 heavy (non-hydrogen) atoms. The topological polar surface area (TPSA) is 113 Å². The summed E-state index contributed by atoms with van der Waals surface area (Å²) < 4.78 is 26.8. The molecule has 0 saturated heterocycles. The Morgan fingerprint density at radius 3 is 2.18 bits per heavy atom. The van der Waals surface area contributed by atoms with E-state index in [9.17, 15) is 9.90 Å². The van der Waals surface area contributed by atoms with Gasteiger partial charge in [0, 0.05) is 5.56 Å². The molecule has 0 atom stereocenters. The normalized spacial score (nSPS) is 10.8. The molecule has 3 aromatic rings. The van der Waals surface area contributed by atoms with Crippen molar-refractivity contribution in [3.8, 4) is 40.1 Å². The van der Waals surface area contributed by atoms with Crippen LogP contribution >= 0.6 is 11.6 Å². The Hall–Kier alpha value is -3.26. The number of phenolic OH excluding ortho intramolecular Hbond substituents is 1. The Morgan fingerprint density at radius 2 is 1.64 bits per heavy atom. The number of nitrogen functional groups attached to an aromatic ring is 1. The van der Waals surface area contributed by atoms with E-state index < -0.39 is 11.2 Å². The smallest absolute Gasteiger partial charge is 0.216 e. The van der Waals surface area contributed by atoms with Crippen LogP contribution in [0.3, 0.4) is 0 Å². The molecule has 0 bridgehead atoms. The van der Waals surface area contributed by atoms with Crippen molar-refractivity contribution in [1.29, 1.82) is 0 Å². The molecule has 0 radical (unpaired) electrons. The minimum absolute atomic E-state index is 0.0450. The highest BCUT2D eigenvalue weighted by atomic mass is 35.5. The largest absolute Gasteiger partial charge is 0.504 e. The van der Waals surface area contributed by atoms with Crippen molar-refractivity contribution in [2.45, 2.75) is 0 Å². The van der Waals surface area contributed by atoms with Crippen molar-refractivity contribution in [2.24, 2.45) is 0 Å². The van der Waals surface area contributed by atoms with E-state index in [0.29, 0.717) is 17.0 Å². The molecular formula is C19H18ClNO7. The number of phenols is 1. The summed E-state index contributed by atoms with van der Waals surface area (Å²) in [6, 6.07) is 4.81. The van der Waals surface area contributed by atoms with Crippen molar-refractivity contribution < 1.29 is 28.5 Å². The third-order valence-electron chi connectivity index (χ3n) is 4.23. The van der Waals surface area contributed by atoms with E-state index >= 15 is 0 Å². The van der Waals surface area contributed by atoms with E-state index in [-0.39, 0.29) is 39.0 Å². The Kier molecular flexibility index (Phi) is 5.15. The summed E-state index contributed by atoms with van der Waals surface area (Å²) in [6.45, 7) is 0. The van der Waals surface area contributed by atoms with Crippen LogP contribution in [0.2, 0.25) is 5.02 Å². The molecule has 3 rings (SSSR count). The zero-order valence-electron chi connectivity index (χ0n) is 15.6. The van der Waals surface area contributed by atoms with Crippen LogP contribution in [-0.2, 0) is 0 Å². The average Bonchev–Trinajstić information content (AvgIpc) is 2.69. The van der Waals surface area contributed by atoms with E-state index in [1.54, 1.807) is 18.2 Å². The van der Waals surface area contributed by atoms with Gasteiger partial charge in [-0.15, -0.1) is 0 Å². The van der Waals surface area contributed by atoms with Gasteiger partial charge < -0.3 is 34.2 Å². The number of methoxy groups -OCH3 is 4. The molecule has 0 aliphatic rings. The Labute approximate surface area is 164 Å². The number of nitrogens with two attached hydrogens (primary N) is 1. The standard InChI is InChI=1S/C19H18ClNO7/c1-24-10-6-5-8(7-9(10)21)15-12(20)13(22)11-14(23)17(25-2)19(27-4)18(26-3)16(11)28-15/h5-7,23H,21H2,1-4H3. The summed E-state index contributed by atoms with van der Waals surface area (Å²) in [5.41, 5.74) is 6.01. The fourth-order valence-electron chi connectivity index (χ4n) is 2.94. The molecule has 0 fully saturated rings. The molecule has 2 aromatic carbocycles. The number of benzene rings is 2. The number of ether oxygens (including phenoxy) is 4. The van der Waals surface area contributed by atoms with Gasteiger partial charge in [-0.05, 0) is 18.2 Å². The van der Waals surface area contributed by atoms with E-state index in [0.717, 1.165) is 0 Å². The number of fused-ring (bicyclic) bond motifs is 1. The second kappa shape index (κ2) is 7.40. The Balaban J connectivity index is 2.44. The lowest BCUT2D eigenvalue weighted by molar-refractivity contribution is 0.311. The molecule has 0 unspecified atom stereocenters. The maximum absolute atomic E-state index is 12.9. The van der Waals surface area contributed by atoms with Crippen molar-refractivity contribution in [3.63, 3.8) is 0 Å². The van der Waals surface area contributed by atoms with Crippen LogP contribution < -0.4 is 30.1 Å². The van der Waals surface area contributed by atoms with Crippen molar-refractivity contribution in [2.75, 3.05) is 34.2 Å². The van der Waals surface area contributed by atoms with Gasteiger partial charge in [0.1, 0.15) is 16.2 Å². The summed E-state index contributed by atoms with van der Waals surface area (Å²) in [5, 5.41) is 10.1. The lowest BCUT2D eigenvalue weighted by atomic mass is 10.1. The molecule has 8 nitrogen and oxygen atoms in total. The minimum atomic E-state index is -0.663. The summed E-state index contributed by atoms with van der Waals surface area (Å²) >= 11 is 6.27. The average molecular weight is 408 g/mol. The predicted octanol–water partition coefficient (Wildman–Crippen LogP) is 3.44. The van der Waals surface area contributed by atoms with Gasteiger partial charge >= 0.3 is 0 Å². The molecule has 9 heteroatoms. The van der Waals surface area contributed by atoms with Crippen LogP contribution in [0.25, 0.3) is 22.3 Å². The monoisotopic (exact) mass is 407 g/mol. The second-order valence-corrected chi connectivity index (χ2v) is 6.06. The highest BCUT2D eigenvalue weighted by Gasteiger charge is 2.28. The summed E-state index contributed by atoms with van der Waals surface area (Å²) in [5.74, 6) is 0.121. The van der Waals surface area contributed by atoms with Crippen molar-refractivity contribution in [3.05, 3.63) is 33.4 Å². The van der Waals surface area contributed by atoms with Crippen LogP contribution in [0.15, 0.2) is 27.4 Å². The zero-order valence-corrected chi connectivity index (χ0v) is 16.3. The van der Waals surface area contributed by atoms with E-state index in [2.05, 4.69) is 0 Å². The fraction of sp³-hybridized carbons (Fsp3) is 0.211. The lowest BCUT2D eigenvalue weighted by Crippen LogP contribution is -2.07. The number of anilines is 1. The van der Waals surface area contributed by atoms with Crippen LogP contribution in [0.1, 0.15) is 0 Å². The number of rotatable bonds is 5. The minimum Gasteiger partial charge on any atom is -0.504 e. The van der Waals surface area contributed by atoms with Gasteiger partial charge in [-0.2, -0.15) is 0 Å². The lowest BCUT2D eigenvalue weighted by Gasteiger charge is -2.16. The first-order valence-corrected chi connectivity index (χ1v) is 8.38. The molecule has 0 aliphatic heterocycles. The van der Waals surface area contributed by atoms with Crippen LogP contribution in [0, 0.1) is 0 Å². The first-order chi connectivity index (χ1) is 13.4. The van der Waals surface area contributed by atoms with E-state index in [1.165, 1.54) is 28.4 Å². The first kappa shape index (κ1) is 19.5. The van der Waals surface area contributed by atoms with Gasteiger partial charge in [0.05, 0.1) is 34.1 Å². The summed E-state index contributed by atoms with van der Waals surface area (Å²) in [4.78, 5) is 12.9. The van der Waals surface area contributed by atoms with E-state index in [1.807, 2.05) is 0 Å². The van der Waals surface area contributed by atoms with Crippen LogP contribution in [-0.4, -0.2) is 33.5 Å². The molecule has 0 aliphatic carbocycles. The molecule has 0 amide bonds. The third kappa shape index (κ3) is 2.82. The maximum atomic E-state index is 12.9. The summed E-state index contributed by atoms with van der Waals surface area (Å²) in [7, 11) is 5.54. The Bertz CT molecular complexity index is 1120. The SMILES string of the molecule is COc1ccc(-c2oc3c(OC)c(OC)c(OC)c(O)c3c(=O)c2Cl)cc1N.